The highest BCUT2D eigenvalue weighted by Crippen LogP contribution is 2.27. The van der Waals surface area contributed by atoms with Crippen LogP contribution >= 0.6 is 0 Å². The normalized spacial score (nSPS) is 19.8. The maximum absolute atomic E-state index is 9.10. The largest absolute Gasteiger partial charge is 0.396 e. The van der Waals surface area contributed by atoms with Gasteiger partial charge in [0.05, 0.1) is 0 Å². The molecule has 2 heterocycles. The minimum atomic E-state index is 0.221. The molecule has 1 aromatic rings. The van der Waals surface area contributed by atoms with E-state index in [1.807, 2.05) is 6.07 Å². The highest BCUT2D eigenvalue weighted by atomic mass is 16.3. The van der Waals surface area contributed by atoms with Gasteiger partial charge in [0.25, 0.3) is 0 Å². The van der Waals surface area contributed by atoms with Crippen molar-refractivity contribution in [3.63, 3.8) is 0 Å². The zero-order valence-electron chi connectivity index (χ0n) is 11.1. The van der Waals surface area contributed by atoms with Gasteiger partial charge in [0, 0.05) is 31.2 Å². The molecule has 1 saturated heterocycles. The van der Waals surface area contributed by atoms with Crippen LogP contribution in [0.15, 0.2) is 6.07 Å². The van der Waals surface area contributed by atoms with Crippen molar-refractivity contribution in [3.05, 3.63) is 11.9 Å². The molecule has 1 unspecified atom stereocenters. The minimum Gasteiger partial charge on any atom is -0.396 e. The van der Waals surface area contributed by atoms with Crippen LogP contribution in [0.2, 0.25) is 0 Å². The number of hydrogen-bond donors (Lipinski definition) is 2. The third-order valence-corrected chi connectivity index (χ3v) is 3.40. The molecule has 0 aromatic carbocycles. The van der Waals surface area contributed by atoms with E-state index in [4.69, 9.17) is 10.8 Å². The molecular weight excluding hydrogens is 228 g/mol. The summed E-state index contributed by atoms with van der Waals surface area (Å²) in [6.45, 7) is 5.33. The van der Waals surface area contributed by atoms with Crippen LogP contribution in [0, 0.1) is 0 Å². The Morgan fingerprint density at radius 3 is 2.94 bits per heavy atom. The second kappa shape index (κ2) is 5.52. The predicted octanol–water partition coefficient (Wildman–Crippen LogP) is 1.53. The molecule has 5 nitrogen and oxygen atoms in total. The average molecular weight is 250 g/mol. The molecule has 0 aliphatic carbocycles. The zero-order valence-corrected chi connectivity index (χ0v) is 11.1. The summed E-state index contributed by atoms with van der Waals surface area (Å²) in [6, 6.07) is 2.21. The number of aliphatic hydroxyl groups excluding tert-OH is 1. The molecule has 0 amide bonds. The maximum atomic E-state index is 9.10. The first kappa shape index (κ1) is 13.1. The Morgan fingerprint density at radius 1 is 1.50 bits per heavy atom. The van der Waals surface area contributed by atoms with Crippen molar-refractivity contribution in [2.45, 2.75) is 45.1 Å². The third kappa shape index (κ3) is 2.72. The molecule has 100 valence electrons. The molecule has 1 aliphatic rings. The molecule has 3 N–H and O–H groups in total. The lowest BCUT2D eigenvalue weighted by Crippen LogP contribution is -2.31. The molecule has 18 heavy (non-hydrogen) atoms. The van der Waals surface area contributed by atoms with Gasteiger partial charge in [0.1, 0.15) is 17.5 Å². The van der Waals surface area contributed by atoms with Gasteiger partial charge in [-0.2, -0.15) is 0 Å². The molecule has 2 rings (SSSR count). The predicted molar refractivity (Wildman–Crippen MR) is 72.6 cm³/mol. The Hall–Kier alpha value is -1.36. The van der Waals surface area contributed by atoms with Gasteiger partial charge in [0.15, 0.2) is 0 Å². The first-order valence-electron chi connectivity index (χ1n) is 6.63. The Labute approximate surface area is 108 Å². The van der Waals surface area contributed by atoms with E-state index in [1.165, 1.54) is 0 Å². The molecular formula is C13H22N4O. The Bertz CT molecular complexity index is 408. The lowest BCUT2D eigenvalue weighted by Gasteiger charge is -2.26. The van der Waals surface area contributed by atoms with E-state index in [1.54, 1.807) is 0 Å². The van der Waals surface area contributed by atoms with E-state index >= 15 is 0 Å². The number of aliphatic hydroxyl groups is 1. The van der Waals surface area contributed by atoms with Gasteiger partial charge >= 0.3 is 0 Å². The van der Waals surface area contributed by atoms with Crippen LogP contribution in [0.3, 0.4) is 0 Å². The van der Waals surface area contributed by atoms with E-state index in [2.05, 4.69) is 28.7 Å². The van der Waals surface area contributed by atoms with Crippen molar-refractivity contribution in [1.82, 2.24) is 9.97 Å². The first-order valence-corrected chi connectivity index (χ1v) is 6.63. The van der Waals surface area contributed by atoms with Gasteiger partial charge < -0.3 is 15.7 Å². The summed E-state index contributed by atoms with van der Waals surface area (Å²) < 4.78 is 0. The van der Waals surface area contributed by atoms with Crippen molar-refractivity contribution in [3.8, 4) is 0 Å². The number of nitrogens with zero attached hydrogens (tertiary/aromatic N) is 3. The molecule has 0 spiro atoms. The molecule has 5 heteroatoms. The summed E-state index contributed by atoms with van der Waals surface area (Å²) in [5, 5.41) is 9.10. The van der Waals surface area contributed by atoms with E-state index in [0.29, 0.717) is 11.9 Å². The number of nitrogen functional groups attached to an aromatic ring is 1. The quantitative estimate of drug-likeness (QED) is 0.847. The van der Waals surface area contributed by atoms with Crippen LogP contribution in [0.1, 0.15) is 44.9 Å². The number of aromatic nitrogens is 2. The molecule has 1 aliphatic heterocycles. The lowest BCUT2D eigenvalue weighted by atomic mass is 10.1. The van der Waals surface area contributed by atoms with E-state index in [9.17, 15) is 0 Å². The number of hydrogen-bond acceptors (Lipinski definition) is 5. The highest BCUT2D eigenvalue weighted by molar-refractivity contribution is 5.48. The van der Waals surface area contributed by atoms with Gasteiger partial charge in [-0.3, -0.25) is 0 Å². The molecule has 1 fully saturated rings. The van der Waals surface area contributed by atoms with E-state index < -0.39 is 0 Å². The van der Waals surface area contributed by atoms with Crippen LogP contribution in [-0.4, -0.2) is 34.3 Å². The van der Waals surface area contributed by atoms with Gasteiger partial charge in [-0.05, 0) is 19.3 Å². The lowest BCUT2D eigenvalue weighted by molar-refractivity contribution is 0.275. The van der Waals surface area contributed by atoms with Gasteiger partial charge in [-0.15, -0.1) is 0 Å². The Balaban J connectivity index is 2.26. The van der Waals surface area contributed by atoms with Crippen LogP contribution in [0.5, 0.6) is 0 Å². The molecule has 1 atom stereocenters. The number of anilines is 2. The monoisotopic (exact) mass is 250 g/mol. The number of rotatable bonds is 4. The Morgan fingerprint density at radius 2 is 2.28 bits per heavy atom. The SMILES string of the molecule is CC(C)c1nc(N)cc(N2CCCC2CCO)n1. The summed E-state index contributed by atoms with van der Waals surface area (Å²) in [5.74, 6) is 2.49. The topological polar surface area (TPSA) is 75.3 Å². The average Bonchev–Trinajstić information content (AvgIpc) is 2.77. The molecule has 0 saturated carbocycles. The fourth-order valence-electron chi connectivity index (χ4n) is 2.46. The van der Waals surface area contributed by atoms with Gasteiger partial charge in [-0.1, -0.05) is 13.8 Å². The van der Waals surface area contributed by atoms with Crippen molar-refractivity contribution in [1.29, 1.82) is 0 Å². The second-order valence-corrected chi connectivity index (χ2v) is 5.17. The number of nitrogens with two attached hydrogens (primary N) is 1. The van der Waals surface area contributed by atoms with Crippen molar-refractivity contribution in [2.75, 3.05) is 23.8 Å². The summed E-state index contributed by atoms with van der Waals surface area (Å²) in [5.41, 5.74) is 5.86. The van der Waals surface area contributed by atoms with Crippen LogP contribution in [0.4, 0.5) is 11.6 Å². The first-order chi connectivity index (χ1) is 8.61. The third-order valence-electron chi connectivity index (χ3n) is 3.40. The van der Waals surface area contributed by atoms with E-state index in [0.717, 1.165) is 37.4 Å². The van der Waals surface area contributed by atoms with E-state index in [-0.39, 0.29) is 12.5 Å². The van der Waals surface area contributed by atoms with Crippen molar-refractivity contribution < 1.29 is 5.11 Å². The standard InChI is InChI=1S/C13H22N4O/c1-9(2)13-15-11(14)8-12(16-13)17-6-3-4-10(17)5-7-18/h8-10,18H,3-7H2,1-2H3,(H2,14,15,16). The van der Waals surface area contributed by atoms with Gasteiger partial charge in [0.2, 0.25) is 0 Å². The van der Waals surface area contributed by atoms with Crippen molar-refractivity contribution in [2.24, 2.45) is 0 Å². The summed E-state index contributed by atoms with van der Waals surface area (Å²) in [7, 11) is 0. The van der Waals surface area contributed by atoms with Gasteiger partial charge in [-0.25, -0.2) is 9.97 Å². The fourth-order valence-corrected chi connectivity index (χ4v) is 2.46. The van der Waals surface area contributed by atoms with Crippen molar-refractivity contribution >= 4 is 11.6 Å². The van der Waals surface area contributed by atoms with Crippen LogP contribution in [0.25, 0.3) is 0 Å². The zero-order chi connectivity index (χ0) is 13.1. The maximum Gasteiger partial charge on any atom is 0.135 e. The molecule has 1 aromatic heterocycles. The summed E-state index contributed by atoms with van der Waals surface area (Å²) in [4.78, 5) is 11.1. The fraction of sp³-hybridized carbons (Fsp3) is 0.692. The minimum absolute atomic E-state index is 0.221. The smallest absolute Gasteiger partial charge is 0.135 e. The Kier molecular flexibility index (Phi) is 4.01. The summed E-state index contributed by atoms with van der Waals surface area (Å²) in [6.07, 6.45) is 3.05. The highest BCUT2D eigenvalue weighted by Gasteiger charge is 2.25. The summed E-state index contributed by atoms with van der Waals surface area (Å²) >= 11 is 0. The van der Waals surface area contributed by atoms with Crippen LogP contribution in [-0.2, 0) is 0 Å². The van der Waals surface area contributed by atoms with Crippen LogP contribution < -0.4 is 10.6 Å². The molecule has 0 radical (unpaired) electrons. The second-order valence-electron chi connectivity index (χ2n) is 5.17. The molecule has 0 bridgehead atoms.